The van der Waals surface area contributed by atoms with Crippen LogP contribution in [0.3, 0.4) is 0 Å². The molecule has 2 aromatic carbocycles. The lowest BCUT2D eigenvalue weighted by Crippen LogP contribution is -2.48. The third kappa shape index (κ3) is 3.64. The predicted molar refractivity (Wildman–Crippen MR) is 121 cm³/mol. The van der Waals surface area contributed by atoms with Crippen LogP contribution in [-0.2, 0) is 9.59 Å². The molecule has 3 aliphatic rings. The number of methoxy groups -OCH3 is 1. The van der Waals surface area contributed by atoms with Crippen LogP contribution in [0.5, 0.6) is 5.75 Å². The van der Waals surface area contributed by atoms with Crippen LogP contribution in [0.25, 0.3) is 0 Å². The smallest absolute Gasteiger partial charge is 0.256 e. The van der Waals surface area contributed by atoms with Crippen LogP contribution >= 0.6 is 0 Å². The monoisotopic (exact) mass is 449 g/mol. The molecule has 172 valence electrons. The van der Waals surface area contributed by atoms with Gasteiger partial charge >= 0.3 is 0 Å². The zero-order valence-electron chi connectivity index (χ0n) is 18.5. The molecule has 0 radical (unpaired) electrons. The number of ether oxygens (including phenoxy) is 1. The maximum atomic E-state index is 13.5. The summed E-state index contributed by atoms with van der Waals surface area (Å²) in [6, 6.07) is 13.7. The maximum absolute atomic E-state index is 13.5. The Morgan fingerprint density at radius 2 is 1.85 bits per heavy atom. The van der Waals surface area contributed by atoms with Gasteiger partial charge in [0.25, 0.3) is 5.91 Å². The molecule has 5 rings (SSSR count). The molecular weight excluding hydrogens is 422 g/mol. The highest BCUT2D eigenvalue weighted by atomic mass is 16.5. The number of anilines is 1. The molecular formula is C25H27N3O5. The molecule has 3 atom stereocenters. The molecule has 8 nitrogen and oxygen atoms in total. The number of para-hydroxylation sites is 2. The molecule has 0 saturated carbocycles. The van der Waals surface area contributed by atoms with Crippen LogP contribution in [0.15, 0.2) is 48.5 Å². The van der Waals surface area contributed by atoms with Crippen molar-refractivity contribution in [1.29, 1.82) is 0 Å². The van der Waals surface area contributed by atoms with Crippen LogP contribution in [-0.4, -0.2) is 71.5 Å². The Morgan fingerprint density at radius 3 is 2.67 bits per heavy atom. The predicted octanol–water partition coefficient (Wildman–Crippen LogP) is 1.98. The second kappa shape index (κ2) is 8.51. The van der Waals surface area contributed by atoms with E-state index in [9.17, 15) is 19.5 Å². The summed E-state index contributed by atoms with van der Waals surface area (Å²) in [4.78, 5) is 44.9. The summed E-state index contributed by atoms with van der Waals surface area (Å²) in [6.07, 6.45) is 1.11. The summed E-state index contributed by atoms with van der Waals surface area (Å²) in [5.74, 6) is -0.0552. The van der Waals surface area contributed by atoms with Crippen LogP contribution in [0.1, 0.15) is 41.2 Å². The number of amides is 3. The number of fused-ring (bicyclic) bond motifs is 2. The normalized spacial score (nSPS) is 24.5. The number of hydrogen-bond donors (Lipinski definition) is 1. The summed E-state index contributed by atoms with van der Waals surface area (Å²) >= 11 is 0. The number of aliphatic hydroxyl groups excluding tert-OH is 1. The van der Waals surface area contributed by atoms with Gasteiger partial charge in [-0.2, -0.15) is 0 Å². The van der Waals surface area contributed by atoms with Gasteiger partial charge in [0, 0.05) is 25.1 Å². The van der Waals surface area contributed by atoms with Crippen molar-refractivity contribution in [2.45, 2.75) is 37.5 Å². The average Bonchev–Trinajstić information content (AvgIpc) is 3.47. The Morgan fingerprint density at radius 1 is 1.09 bits per heavy atom. The highest BCUT2D eigenvalue weighted by Gasteiger charge is 2.46. The fraction of sp³-hybridized carbons (Fsp3) is 0.400. The van der Waals surface area contributed by atoms with Crippen molar-refractivity contribution in [3.63, 3.8) is 0 Å². The number of carbonyl (C=O) groups is 3. The van der Waals surface area contributed by atoms with Crippen molar-refractivity contribution in [2.75, 3.05) is 31.6 Å². The lowest BCUT2D eigenvalue weighted by atomic mass is 10.0. The molecule has 8 heteroatoms. The van der Waals surface area contributed by atoms with E-state index in [1.54, 1.807) is 31.4 Å². The third-order valence-electron chi connectivity index (χ3n) is 6.88. The van der Waals surface area contributed by atoms with E-state index >= 15 is 0 Å². The van der Waals surface area contributed by atoms with Gasteiger partial charge in [-0.1, -0.05) is 30.3 Å². The Hall–Kier alpha value is -3.39. The molecule has 2 aromatic rings. The first-order valence-electron chi connectivity index (χ1n) is 11.3. The number of hydrogen-bond acceptors (Lipinski definition) is 5. The molecule has 33 heavy (non-hydrogen) atoms. The number of nitrogens with zero attached hydrogens (tertiary/aromatic N) is 3. The van der Waals surface area contributed by atoms with E-state index in [-0.39, 0.29) is 43.3 Å². The minimum Gasteiger partial charge on any atom is -0.496 e. The van der Waals surface area contributed by atoms with Gasteiger partial charge in [0.05, 0.1) is 30.5 Å². The summed E-state index contributed by atoms with van der Waals surface area (Å²) in [6.45, 7) is 0.557. The van der Waals surface area contributed by atoms with E-state index in [1.165, 1.54) is 9.80 Å². The minimum atomic E-state index is -0.767. The quantitative estimate of drug-likeness (QED) is 0.771. The van der Waals surface area contributed by atoms with Crippen molar-refractivity contribution < 1.29 is 24.2 Å². The number of benzene rings is 2. The molecule has 0 spiro atoms. The van der Waals surface area contributed by atoms with E-state index < -0.39 is 12.1 Å². The van der Waals surface area contributed by atoms with Crippen molar-refractivity contribution in [3.8, 4) is 5.75 Å². The van der Waals surface area contributed by atoms with Gasteiger partial charge in [0.15, 0.2) is 0 Å². The Balaban J connectivity index is 1.46. The molecule has 0 aliphatic carbocycles. The third-order valence-corrected chi connectivity index (χ3v) is 6.88. The Bertz CT molecular complexity index is 1100. The molecule has 2 fully saturated rings. The fourth-order valence-corrected chi connectivity index (χ4v) is 5.33. The molecule has 2 saturated heterocycles. The second-order valence-corrected chi connectivity index (χ2v) is 8.79. The molecule has 0 bridgehead atoms. The zero-order valence-corrected chi connectivity index (χ0v) is 18.5. The molecule has 3 aliphatic heterocycles. The van der Waals surface area contributed by atoms with E-state index in [2.05, 4.69) is 0 Å². The number of aliphatic hydroxyl groups is 1. The highest BCUT2D eigenvalue weighted by Crippen LogP contribution is 2.38. The fourth-order valence-electron chi connectivity index (χ4n) is 5.33. The van der Waals surface area contributed by atoms with Crippen molar-refractivity contribution in [2.24, 2.45) is 0 Å². The first-order valence-corrected chi connectivity index (χ1v) is 11.3. The molecule has 0 aromatic heterocycles. The summed E-state index contributed by atoms with van der Waals surface area (Å²) in [5.41, 5.74) is 1.77. The van der Waals surface area contributed by atoms with Gasteiger partial charge in [-0.15, -0.1) is 0 Å². The summed E-state index contributed by atoms with van der Waals surface area (Å²) in [7, 11) is 1.62. The number of carbonyl (C=O) groups excluding carboxylic acids is 3. The second-order valence-electron chi connectivity index (χ2n) is 8.79. The topological polar surface area (TPSA) is 90.4 Å². The van der Waals surface area contributed by atoms with Crippen LogP contribution in [0.2, 0.25) is 0 Å². The van der Waals surface area contributed by atoms with E-state index in [0.29, 0.717) is 17.8 Å². The first kappa shape index (κ1) is 21.5. The first-order chi connectivity index (χ1) is 16.0. The van der Waals surface area contributed by atoms with Gasteiger partial charge in [-0.05, 0) is 31.0 Å². The zero-order chi connectivity index (χ0) is 23.1. The van der Waals surface area contributed by atoms with Crippen molar-refractivity contribution in [1.82, 2.24) is 9.80 Å². The molecule has 3 amide bonds. The maximum Gasteiger partial charge on any atom is 0.256 e. The SMILES string of the molecule is COc1ccccc1C1CCCN1C(=O)CN1C(=O)C2C[C@H](O)CN2C(=O)c2ccccc21. The highest BCUT2D eigenvalue weighted by molar-refractivity contribution is 6.12. The van der Waals surface area contributed by atoms with Crippen LogP contribution in [0.4, 0.5) is 5.69 Å². The largest absolute Gasteiger partial charge is 0.496 e. The summed E-state index contributed by atoms with van der Waals surface area (Å²) in [5, 5.41) is 10.1. The Kier molecular flexibility index (Phi) is 5.54. The average molecular weight is 450 g/mol. The standard InChI is InChI=1S/C25H27N3O5/c1-33-22-11-5-3-7-17(22)19-10-6-12-26(19)23(30)15-28-20-9-4-2-8-18(20)24(31)27-14-16(29)13-21(27)25(28)32/h2-5,7-9,11,16,19,21,29H,6,10,12-15H2,1H3/t16-,19?,21?/m0/s1. The van der Waals surface area contributed by atoms with Gasteiger partial charge in [-0.3, -0.25) is 14.4 Å². The van der Waals surface area contributed by atoms with Crippen LogP contribution < -0.4 is 9.64 Å². The van der Waals surface area contributed by atoms with Gasteiger partial charge in [0.1, 0.15) is 18.3 Å². The lowest BCUT2D eigenvalue weighted by Gasteiger charge is -2.30. The lowest BCUT2D eigenvalue weighted by molar-refractivity contribution is -0.132. The molecule has 2 unspecified atom stereocenters. The van der Waals surface area contributed by atoms with E-state index in [4.69, 9.17) is 4.74 Å². The van der Waals surface area contributed by atoms with Gasteiger partial charge in [-0.25, -0.2) is 0 Å². The summed E-state index contributed by atoms with van der Waals surface area (Å²) < 4.78 is 5.52. The Labute approximate surface area is 192 Å². The number of rotatable bonds is 4. The molecule has 1 N–H and O–H groups in total. The van der Waals surface area contributed by atoms with Gasteiger partial charge < -0.3 is 24.5 Å². The van der Waals surface area contributed by atoms with Crippen LogP contribution in [0, 0.1) is 0 Å². The van der Waals surface area contributed by atoms with Gasteiger partial charge in [0.2, 0.25) is 11.8 Å². The minimum absolute atomic E-state index is 0.118. The molecule has 3 heterocycles. The van der Waals surface area contributed by atoms with Crippen molar-refractivity contribution in [3.05, 3.63) is 59.7 Å². The van der Waals surface area contributed by atoms with Crippen molar-refractivity contribution >= 4 is 23.4 Å². The number of likely N-dealkylation sites (tertiary alicyclic amines) is 1. The van der Waals surface area contributed by atoms with E-state index in [0.717, 1.165) is 24.2 Å². The van der Waals surface area contributed by atoms with E-state index in [1.807, 2.05) is 29.2 Å².